The fraction of sp³-hybridized carbons (Fsp3) is 0.0952. The van der Waals surface area contributed by atoms with E-state index in [1.165, 1.54) is 0 Å². The predicted molar refractivity (Wildman–Crippen MR) is 92.7 cm³/mol. The van der Waals surface area contributed by atoms with Gasteiger partial charge in [0.2, 0.25) is 0 Å². The Labute approximate surface area is 141 Å². The Kier molecular flexibility index (Phi) is 4.72. The molecule has 0 atom stereocenters. The number of nitrogens with zero attached hydrogens (tertiary/aromatic N) is 1. The van der Waals surface area contributed by atoms with Crippen LogP contribution in [0.15, 0.2) is 84.9 Å². The van der Waals surface area contributed by atoms with Gasteiger partial charge in [-0.25, -0.2) is 0 Å². The molecule has 3 aromatic carbocycles. The highest BCUT2D eigenvalue weighted by atomic mass is 16.6. The first-order valence-electron chi connectivity index (χ1n) is 7.73. The summed E-state index contributed by atoms with van der Waals surface area (Å²) in [5.74, 6) is 7.86. The van der Waals surface area contributed by atoms with Crippen LogP contribution in [0.3, 0.4) is 0 Å². The molecule has 3 nitrogen and oxygen atoms in total. The van der Waals surface area contributed by atoms with E-state index < -0.39 is 5.60 Å². The van der Waals surface area contributed by atoms with Crippen molar-refractivity contribution in [2.45, 2.75) is 12.0 Å². The van der Waals surface area contributed by atoms with Gasteiger partial charge in [-0.3, -0.25) is 4.84 Å². The molecular formula is C21H17N2O. The Morgan fingerprint density at radius 2 is 1.29 bits per heavy atom. The van der Waals surface area contributed by atoms with Gasteiger partial charge in [0.05, 0.1) is 11.6 Å². The lowest BCUT2D eigenvalue weighted by Gasteiger charge is -2.32. The number of hydrogen-bond acceptors (Lipinski definition) is 2. The maximum atomic E-state index is 8.96. The van der Waals surface area contributed by atoms with Gasteiger partial charge in [0, 0.05) is 6.42 Å². The maximum Gasteiger partial charge on any atom is 0.145 e. The van der Waals surface area contributed by atoms with E-state index in [1.807, 2.05) is 72.8 Å². The normalized spacial score (nSPS) is 11.0. The van der Waals surface area contributed by atoms with Gasteiger partial charge in [-0.15, -0.1) is 5.90 Å². The van der Waals surface area contributed by atoms with Gasteiger partial charge >= 0.3 is 0 Å². The van der Waals surface area contributed by atoms with E-state index in [0.29, 0.717) is 12.0 Å². The summed E-state index contributed by atoms with van der Waals surface area (Å²) in [7, 11) is 0. The molecule has 3 heteroatoms. The highest BCUT2D eigenvalue weighted by molar-refractivity contribution is 5.40. The number of nitrogens with one attached hydrogen (secondary N) is 1. The van der Waals surface area contributed by atoms with Crippen LogP contribution in [-0.2, 0) is 16.9 Å². The zero-order valence-electron chi connectivity index (χ0n) is 13.1. The van der Waals surface area contributed by atoms with Crippen molar-refractivity contribution in [2.75, 3.05) is 0 Å². The van der Waals surface area contributed by atoms with E-state index in [4.69, 9.17) is 16.0 Å². The Balaban J connectivity index is 2.09. The van der Waals surface area contributed by atoms with Gasteiger partial charge in [-0.05, 0) is 28.8 Å². The van der Waals surface area contributed by atoms with Crippen molar-refractivity contribution in [3.63, 3.8) is 0 Å². The van der Waals surface area contributed by atoms with E-state index in [-0.39, 0.29) is 0 Å². The van der Waals surface area contributed by atoms with E-state index in [2.05, 4.69) is 6.07 Å². The van der Waals surface area contributed by atoms with Crippen molar-refractivity contribution in [1.82, 2.24) is 5.90 Å². The molecule has 0 heterocycles. The summed E-state index contributed by atoms with van der Waals surface area (Å²) in [5, 5.41) is 8.96. The number of nitriles is 1. The van der Waals surface area contributed by atoms with Crippen molar-refractivity contribution >= 4 is 0 Å². The standard InChI is InChI=1S/C21H17N2O/c22-16-18-13-11-17(12-14-18)15-21(24-23,19-7-3-1-4-8-19)20-9-5-2-6-10-20/h1-14,23H,15H2. The lowest BCUT2D eigenvalue weighted by molar-refractivity contribution is -0.0344. The molecule has 0 saturated heterocycles. The zero-order valence-corrected chi connectivity index (χ0v) is 13.1. The van der Waals surface area contributed by atoms with Crippen LogP contribution >= 0.6 is 0 Å². The Morgan fingerprint density at radius 3 is 1.71 bits per heavy atom. The second kappa shape index (κ2) is 7.10. The summed E-state index contributed by atoms with van der Waals surface area (Å²) >= 11 is 0. The molecule has 117 valence electrons. The molecule has 1 N–H and O–H groups in total. The average molecular weight is 313 g/mol. The monoisotopic (exact) mass is 313 g/mol. The minimum atomic E-state index is -0.892. The lowest BCUT2D eigenvalue weighted by Crippen LogP contribution is -2.33. The average Bonchev–Trinajstić information content (AvgIpc) is 2.68. The van der Waals surface area contributed by atoms with Gasteiger partial charge in [0.1, 0.15) is 5.60 Å². The predicted octanol–water partition coefficient (Wildman–Crippen LogP) is 4.26. The molecule has 0 fully saturated rings. The van der Waals surface area contributed by atoms with Crippen LogP contribution in [0, 0.1) is 11.3 Å². The largest absolute Gasteiger partial charge is 0.268 e. The minimum absolute atomic E-state index is 0.510. The molecule has 0 bridgehead atoms. The summed E-state index contributed by atoms with van der Waals surface area (Å²) in [5.41, 5.74) is 2.59. The van der Waals surface area contributed by atoms with Crippen LogP contribution in [0.4, 0.5) is 0 Å². The van der Waals surface area contributed by atoms with E-state index in [1.54, 1.807) is 12.1 Å². The molecule has 0 saturated carbocycles. The van der Waals surface area contributed by atoms with Crippen molar-refractivity contribution in [3.05, 3.63) is 107 Å². The smallest absolute Gasteiger partial charge is 0.145 e. The molecule has 3 aromatic rings. The Morgan fingerprint density at radius 1 is 0.792 bits per heavy atom. The van der Waals surface area contributed by atoms with E-state index in [9.17, 15) is 0 Å². The highest BCUT2D eigenvalue weighted by Crippen LogP contribution is 2.36. The first-order valence-corrected chi connectivity index (χ1v) is 7.73. The number of hydrogen-bond donors (Lipinski definition) is 0. The first-order chi connectivity index (χ1) is 11.8. The SMILES string of the molecule is N#Cc1ccc(CC(O[NH])(c2ccccc2)c2ccccc2)cc1. The van der Waals surface area contributed by atoms with Crippen molar-refractivity contribution in [3.8, 4) is 6.07 Å². The van der Waals surface area contributed by atoms with Crippen LogP contribution in [-0.4, -0.2) is 0 Å². The van der Waals surface area contributed by atoms with E-state index in [0.717, 1.165) is 16.7 Å². The van der Waals surface area contributed by atoms with Gasteiger partial charge in [0.25, 0.3) is 0 Å². The van der Waals surface area contributed by atoms with Crippen LogP contribution in [0.2, 0.25) is 0 Å². The molecule has 0 aromatic heterocycles. The molecule has 0 unspecified atom stereocenters. The molecule has 0 amide bonds. The zero-order chi connectivity index (χ0) is 16.8. The molecule has 1 radical (unpaired) electrons. The topological polar surface area (TPSA) is 56.8 Å². The van der Waals surface area contributed by atoms with Crippen LogP contribution < -0.4 is 5.90 Å². The quantitative estimate of drug-likeness (QED) is 0.661. The van der Waals surface area contributed by atoms with Crippen molar-refractivity contribution in [2.24, 2.45) is 0 Å². The lowest BCUT2D eigenvalue weighted by atomic mass is 9.81. The van der Waals surface area contributed by atoms with E-state index >= 15 is 0 Å². The number of rotatable bonds is 5. The first kappa shape index (κ1) is 15.9. The Hall–Kier alpha value is -2.93. The highest BCUT2D eigenvalue weighted by Gasteiger charge is 2.35. The molecule has 0 aliphatic heterocycles. The molecule has 0 aliphatic carbocycles. The molecule has 0 spiro atoms. The summed E-state index contributed by atoms with van der Waals surface area (Å²) in [6, 6.07) is 29.1. The molecule has 0 aliphatic rings. The van der Waals surface area contributed by atoms with Gasteiger partial charge in [0.15, 0.2) is 0 Å². The van der Waals surface area contributed by atoms with Crippen LogP contribution in [0.25, 0.3) is 0 Å². The summed E-state index contributed by atoms with van der Waals surface area (Å²) in [6.45, 7) is 0. The minimum Gasteiger partial charge on any atom is -0.268 e. The van der Waals surface area contributed by atoms with Crippen LogP contribution in [0.5, 0.6) is 0 Å². The van der Waals surface area contributed by atoms with Gasteiger partial charge in [-0.2, -0.15) is 5.26 Å². The second-order valence-corrected chi connectivity index (χ2v) is 5.65. The molecular weight excluding hydrogens is 296 g/mol. The fourth-order valence-corrected chi connectivity index (χ4v) is 2.92. The van der Waals surface area contributed by atoms with Crippen molar-refractivity contribution in [1.29, 1.82) is 5.26 Å². The maximum absolute atomic E-state index is 8.96. The number of benzene rings is 3. The van der Waals surface area contributed by atoms with Gasteiger partial charge < -0.3 is 0 Å². The molecule has 24 heavy (non-hydrogen) atoms. The summed E-state index contributed by atoms with van der Waals surface area (Å²) < 4.78 is 0. The third kappa shape index (κ3) is 3.07. The third-order valence-electron chi connectivity index (χ3n) is 4.19. The summed E-state index contributed by atoms with van der Waals surface area (Å²) in [4.78, 5) is 5.36. The third-order valence-corrected chi connectivity index (χ3v) is 4.19. The molecule has 3 rings (SSSR count). The van der Waals surface area contributed by atoms with Crippen LogP contribution in [0.1, 0.15) is 22.3 Å². The second-order valence-electron chi connectivity index (χ2n) is 5.65. The Bertz CT molecular complexity index is 782. The summed E-state index contributed by atoms with van der Waals surface area (Å²) in [6.07, 6.45) is 0.510. The fourth-order valence-electron chi connectivity index (χ4n) is 2.92. The van der Waals surface area contributed by atoms with Gasteiger partial charge in [-0.1, -0.05) is 72.8 Å². The van der Waals surface area contributed by atoms with Crippen molar-refractivity contribution < 1.29 is 4.84 Å².